The number of nitrogens with zero attached hydrogens (tertiary/aromatic N) is 3. The van der Waals surface area contributed by atoms with Crippen LogP contribution in [0.3, 0.4) is 0 Å². The average molecular weight is 223 g/mol. The summed E-state index contributed by atoms with van der Waals surface area (Å²) in [5.74, 6) is 2.54. The Bertz CT molecular complexity index is 335. The summed E-state index contributed by atoms with van der Waals surface area (Å²) in [6.45, 7) is 4.73. The van der Waals surface area contributed by atoms with Crippen LogP contribution in [0.25, 0.3) is 0 Å². The van der Waals surface area contributed by atoms with Gasteiger partial charge in [0.15, 0.2) is 0 Å². The van der Waals surface area contributed by atoms with Crippen molar-refractivity contribution in [1.82, 2.24) is 9.97 Å². The maximum absolute atomic E-state index is 5.68. The molecule has 0 aliphatic heterocycles. The van der Waals surface area contributed by atoms with E-state index >= 15 is 0 Å². The van der Waals surface area contributed by atoms with E-state index in [-0.39, 0.29) is 6.04 Å². The molecule has 1 rings (SSSR count). The summed E-state index contributed by atoms with van der Waals surface area (Å²) in [5.41, 5.74) is 5.68. The van der Waals surface area contributed by atoms with Crippen LogP contribution in [0.5, 0.6) is 0 Å². The molecular formula is C11H21N5. The molecule has 0 saturated heterocycles. The van der Waals surface area contributed by atoms with E-state index < -0.39 is 0 Å². The molecule has 90 valence electrons. The van der Waals surface area contributed by atoms with Gasteiger partial charge in [0.05, 0.1) is 0 Å². The molecule has 0 saturated carbocycles. The lowest BCUT2D eigenvalue weighted by Gasteiger charge is -2.14. The summed E-state index contributed by atoms with van der Waals surface area (Å²) in [5, 5.41) is 3.25. The highest BCUT2D eigenvalue weighted by Crippen LogP contribution is 2.13. The van der Waals surface area contributed by atoms with Gasteiger partial charge >= 0.3 is 0 Å². The van der Waals surface area contributed by atoms with Gasteiger partial charge in [-0.05, 0) is 20.3 Å². The molecule has 3 N–H and O–H groups in total. The summed E-state index contributed by atoms with van der Waals surface area (Å²) in [4.78, 5) is 10.6. The van der Waals surface area contributed by atoms with Crippen LogP contribution >= 0.6 is 0 Å². The molecule has 0 fully saturated rings. The Morgan fingerprint density at radius 3 is 2.69 bits per heavy atom. The highest BCUT2D eigenvalue weighted by atomic mass is 15.2. The Morgan fingerprint density at radius 1 is 1.44 bits per heavy atom. The maximum atomic E-state index is 5.68. The minimum absolute atomic E-state index is 0.212. The van der Waals surface area contributed by atoms with Crippen LogP contribution < -0.4 is 16.0 Å². The zero-order chi connectivity index (χ0) is 12.1. The first kappa shape index (κ1) is 12.7. The average Bonchev–Trinajstić information content (AvgIpc) is 2.16. The number of nitrogens with one attached hydrogen (secondary N) is 1. The molecule has 0 bridgehead atoms. The number of hydrogen-bond donors (Lipinski definition) is 2. The second kappa shape index (κ2) is 5.65. The molecule has 5 nitrogen and oxygen atoms in total. The van der Waals surface area contributed by atoms with E-state index in [2.05, 4.69) is 15.3 Å². The van der Waals surface area contributed by atoms with Gasteiger partial charge in [-0.25, -0.2) is 9.97 Å². The summed E-state index contributed by atoms with van der Waals surface area (Å²) in [7, 11) is 3.93. The molecule has 0 aliphatic carbocycles. The summed E-state index contributed by atoms with van der Waals surface area (Å²) < 4.78 is 0. The quantitative estimate of drug-likeness (QED) is 0.779. The fourth-order valence-electron chi connectivity index (χ4n) is 1.30. The third-order valence-corrected chi connectivity index (χ3v) is 2.19. The first-order chi connectivity index (χ1) is 7.49. The SMILES string of the molecule is Cc1nc(NCCC(C)N)cc(N(C)C)n1. The zero-order valence-corrected chi connectivity index (χ0v) is 10.5. The van der Waals surface area contributed by atoms with E-state index in [1.807, 2.05) is 38.9 Å². The first-order valence-electron chi connectivity index (χ1n) is 5.51. The van der Waals surface area contributed by atoms with Gasteiger partial charge in [-0.15, -0.1) is 0 Å². The van der Waals surface area contributed by atoms with Crippen molar-refractivity contribution < 1.29 is 0 Å². The van der Waals surface area contributed by atoms with Crippen LogP contribution in [-0.4, -0.2) is 36.6 Å². The van der Waals surface area contributed by atoms with Gasteiger partial charge in [0.1, 0.15) is 17.5 Å². The van der Waals surface area contributed by atoms with E-state index in [0.717, 1.165) is 30.4 Å². The van der Waals surface area contributed by atoms with E-state index in [9.17, 15) is 0 Å². The topological polar surface area (TPSA) is 67.1 Å². The third kappa shape index (κ3) is 4.02. The first-order valence-corrected chi connectivity index (χ1v) is 5.51. The second-order valence-corrected chi connectivity index (χ2v) is 4.25. The summed E-state index contributed by atoms with van der Waals surface area (Å²) in [6, 6.07) is 2.15. The molecule has 1 aromatic rings. The van der Waals surface area contributed by atoms with Crippen LogP contribution in [0.15, 0.2) is 6.07 Å². The third-order valence-electron chi connectivity index (χ3n) is 2.19. The molecule has 1 aromatic heterocycles. The molecule has 0 radical (unpaired) electrons. The molecule has 5 heteroatoms. The van der Waals surface area contributed by atoms with Crippen molar-refractivity contribution in [2.45, 2.75) is 26.3 Å². The van der Waals surface area contributed by atoms with Gasteiger partial charge in [-0.2, -0.15) is 0 Å². The molecule has 0 aliphatic rings. The van der Waals surface area contributed by atoms with Crippen molar-refractivity contribution in [2.75, 3.05) is 30.9 Å². The van der Waals surface area contributed by atoms with Crippen LogP contribution in [-0.2, 0) is 0 Å². The molecule has 1 unspecified atom stereocenters. The Kier molecular flexibility index (Phi) is 4.49. The van der Waals surface area contributed by atoms with E-state index in [1.54, 1.807) is 0 Å². The van der Waals surface area contributed by atoms with E-state index in [1.165, 1.54) is 0 Å². The van der Waals surface area contributed by atoms with Crippen molar-refractivity contribution in [3.63, 3.8) is 0 Å². The van der Waals surface area contributed by atoms with E-state index in [4.69, 9.17) is 5.73 Å². The number of rotatable bonds is 5. The minimum atomic E-state index is 0.212. The molecule has 1 heterocycles. The normalized spacial score (nSPS) is 12.3. The van der Waals surface area contributed by atoms with Gasteiger partial charge in [0.25, 0.3) is 0 Å². The number of nitrogens with two attached hydrogens (primary N) is 1. The number of anilines is 2. The predicted octanol–water partition coefficient (Wildman–Crippen LogP) is 1.00. The molecule has 0 amide bonds. The molecule has 0 spiro atoms. The maximum Gasteiger partial charge on any atom is 0.133 e. The monoisotopic (exact) mass is 223 g/mol. The molecular weight excluding hydrogens is 202 g/mol. The fraction of sp³-hybridized carbons (Fsp3) is 0.636. The van der Waals surface area contributed by atoms with Crippen molar-refractivity contribution in [3.05, 3.63) is 11.9 Å². The highest BCUT2D eigenvalue weighted by Gasteiger charge is 2.03. The Hall–Kier alpha value is -1.36. The molecule has 1 atom stereocenters. The number of aromatic nitrogens is 2. The Morgan fingerprint density at radius 2 is 2.12 bits per heavy atom. The lowest BCUT2D eigenvalue weighted by Crippen LogP contribution is -2.20. The lowest BCUT2D eigenvalue weighted by atomic mass is 10.2. The van der Waals surface area contributed by atoms with Gasteiger partial charge < -0.3 is 16.0 Å². The van der Waals surface area contributed by atoms with Gasteiger partial charge in [-0.3, -0.25) is 0 Å². The largest absolute Gasteiger partial charge is 0.370 e. The standard InChI is InChI=1S/C11H21N5/c1-8(12)5-6-13-10-7-11(16(3)4)15-9(2)14-10/h7-8H,5-6,12H2,1-4H3,(H,13,14,15). The predicted molar refractivity (Wildman–Crippen MR) is 67.9 cm³/mol. The second-order valence-electron chi connectivity index (χ2n) is 4.25. The van der Waals surface area contributed by atoms with Crippen molar-refractivity contribution in [1.29, 1.82) is 0 Å². The minimum Gasteiger partial charge on any atom is -0.370 e. The molecule has 16 heavy (non-hydrogen) atoms. The van der Waals surface area contributed by atoms with Crippen molar-refractivity contribution in [2.24, 2.45) is 5.73 Å². The number of aryl methyl sites for hydroxylation is 1. The summed E-state index contributed by atoms with van der Waals surface area (Å²) >= 11 is 0. The van der Waals surface area contributed by atoms with Crippen LogP contribution in [0.2, 0.25) is 0 Å². The van der Waals surface area contributed by atoms with Gasteiger partial charge in [0.2, 0.25) is 0 Å². The van der Waals surface area contributed by atoms with Crippen LogP contribution in [0, 0.1) is 6.92 Å². The summed E-state index contributed by atoms with van der Waals surface area (Å²) in [6.07, 6.45) is 0.931. The van der Waals surface area contributed by atoms with Crippen molar-refractivity contribution in [3.8, 4) is 0 Å². The fourth-order valence-corrected chi connectivity index (χ4v) is 1.30. The van der Waals surface area contributed by atoms with Crippen LogP contribution in [0.4, 0.5) is 11.6 Å². The van der Waals surface area contributed by atoms with Gasteiger partial charge in [0, 0.05) is 32.7 Å². The van der Waals surface area contributed by atoms with Gasteiger partial charge in [-0.1, -0.05) is 0 Å². The lowest BCUT2D eigenvalue weighted by molar-refractivity contribution is 0.689. The Balaban J connectivity index is 2.65. The molecule has 0 aromatic carbocycles. The smallest absolute Gasteiger partial charge is 0.133 e. The highest BCUT2D eigenvalue weighted by molar-refractivity contribution is 5.48. The zero-order valence-electron chi connectivity index (χ0n) is 10.5. The Labute approximate surface area is 97.1 Å². The van der Waals surface area contributed by atoms with E-state index in [0.29, 0.717) is 0 Å². The number of hydrogen-bond acceptors (Lipinski definition) is 5. The van der Waals surface area contributed by atoms with Crippen molar-refractivity contribution >= 4 is 11.6 Å². The van der Waals surface area contributed by atoms with Crippen LogP contribution in [0.1, 0.15) is 19.2 Å².